The molecule has 1 aromatic carbocycles. The summed E-state index contributed by atoms with van der Waals surface area (Å²) in [4.78, 5) is 22.9. The van der Waals surface area contributed by atoms with E-state index in [0.717, 1.165) is 23.5 Å². The van der Waals surface area contributed by atoms with E-state index in [-0.39, 0.29) is 11.8 Å². The number of hydrazone groups is 1. The van der Waals surface area contributed by atoms with Crippen molar-refractivity contribution in [2.24, 2.45) is 11.0 Å². The first-order valence-corrected chi connectivity index (χ1v) is 11.7. The van der Waals surface area contributed by atoms with Gasteiger partial charge in [0.05, 0.1) is 18.0 Å². The first kappa shape index (κ1) is 27.8. The van der Waals surface area contributed by atoms with Gasteiger partial charge in [0.25, 0.3) is 0 Å². The summed E-state index contributed by atoms with van der Waals surface area (Å²) < 4.78 is 42.8. The summed E-state index contributed by atoms with van der Waals surface area (Å²) in [6, 6.07) is 11.4. The van der Waals surface area contributed by atoms with Gasteiger partial charge in [-0.3, -0.25) is 10.3 Å². The lowest BCUT2D eigenvalue weighted by molar-refractivity contribution is -0.192. The lowest BCUT2D eigenvalue weighted by atomic mass is 9.86. The molecule has 2 aromatic rings. The van der Waals surface area contributed by atoms with Crippen molar-refractivity contribution in [3.63, 3.8) is 0 Å². The number of anilines is 1. The lowest BCUT2D eigenvalue weighted by Crippen LogP contribution is -2.52. The molecule has 2 bridgehead atoms. The van der Waals surface area contributed by atoms with Crippen molar-refractivity contribution in [1.29, 1.82) is 0 Å². The maximum Gasteiger partial charge on any atom is 0.490 e. The van der Waals surface area contributed by atoms with Crippen LogP contribution >= 0.6 is 0 Å². The highest BCUT2D eigenvalue weighted by atomic mass is 19.4. The molecule has 200 valence electrons. The van der Waals surface area contributed by atoms with Crippen LogP contribution in [0.1, 0.15) is 26.7 Å². The van der Waals surface area contributed by atoms with Crippen LogP contribution < -0.4 is 10.2 Å². The first-order chi connectivity index (χ1) is 17.6. The molecule has 1 aromatic heterocycles. The van der Waals surface area contributed by atoms with E-state index in [4.69, 9.17) is 19.4 Å². The zero-order valence-electron chi connectivity index (χ0n) is 20.4. The molecule has 0 unspecified atom stereocenters. The average Bonchev–Trinajstić information content (AvgIpc) is 2.89. The Hall–Kier alpha value is -3.74. The zero-order chi connectivity index (χ0) is 27.0. The molecule has 3 aliphatic heterocycles. The van der Waals surface area contributed by atoms with Gasteiger partial charge in [0.2, 0.25) is 5.88 Å². The highest BCUT2D eigenvalue weighted by Gasteiger charge is 2.38. The van der Waals surface area contributed by atoms with Crippen molar-refractivity contribution in [3.05, 3.63) is 36.4 Å². The number of carbonyl (C=O) groups excluding carboxylic acids is 1. The highest BCUT2D eigenvalue weighted by molar-refractivity contribution is 6.35. The third kappa shape index (κ3) is 8.13. The Labute approximate surface area is 211 Å². The molecule has 4 heterocycles. The van der Waals surface area contributed by atoms with Gasteiger partial charge < -0.3 is 14.6 Å². The first-order valence-electron chi connectivity index (χ1n) is 11.7. The van der Waals surface area contributed by atoms with E-state index >= 15 is 0 Å². The molecule has 10 nitrogen and oxygen atoms in total. The number of nitrogens with one attached hydrogen (secondary N) is 1. The van der Waals surface area contributed by atoms with Crippen molar-refractivity contribution >= 4 is 23.3 Å². The molecule has 0 radical (unpaired) electrons. The molecule has 3 fully saturated rings. The molecule has 0 saturated carbocycles. The maximum atomic E-state index is 11.6. The van der Waals surface area contributed by atoms with Gasteiger partial charge in [-0.2, -0.15) is 18.3 Å². The van der Waals surface area contributed by atoms with E-state index in [1.54, 1.807) is 13.8 Å². The number of alkyl halides is 3. The second-order valence-electron chi connectivity index (χ2n) is 8.46. The van der Waals surface area contributed by atoms with Gasteiger partial charge in [-0.15, -0.1) is 10.2 Å². The number of carboxylic acids is 1. The molecular formula is C24H28F3N5O5. The molecule has 1 atom stereocenters. The van der Waals surface area contributed by atoms with E-state index in [9.17, 15) is 18.0 Å². The maximum absolute atomic E-state index is 11.6. The second kappa shape index (κ2) is 12.5. The van der Waals surface area contributed by atoms with E-state index in [1.807, 2.05) is 36.4 Å². The lowest BCUT2D eigenvalue weighted by Gasteiger charge is -2.44. The average molecular weight is 524 g/mol. The number of benzene rings is 1. The number of halogens is 3. The van der Waals surface area contributed by atoms with Crippen molar-refractivity contribution in [3.8, 4) is 17.1 Å². The number of rotatable bonds is 7. The number of carboxylic acid groups (broad SMARTS) is 1. The monoisotopic (exact) mass is 523 g/mol. The van der Waals surface area contributed by atoms with E-state index < -0.39 is 18.1 Å². The Balaban J connectivity index is 0.000000479. The van der Waals surface area contributed by atoms with Gasteiger partial charge >= 0.3 is 18.1 Å². The van der Waals surface area contributed by atoms with Crippen molar-refractivity contribution in [1.82, 2.24) is 15.1 Å². The van der Waals surface area contributed by atoms with Gasteiger partial charge in [0.1, 0.15) is 11.8 Å². The van der Waals surface area contributed by atoms with E-state index in [2.05, 4.69) is 25.6 Å². The van der Waals surface area contributed by atoms with E-state index in [0.29, 0.717) is 18.4 Å². The smallest absolute Gasteiger partial charge is 0.475 e. The van der Waals surface area contributed by atoms with Crippen LogP contribution in [0, 0.1) is 5.92 Å². The number of ether oxygens (including phenoxy) is 2. The normalized spacial score (nSPS) is 20.9. The van der Waals surface area contributed by atoms with Crippen LogP contribution in [0.3, 0.4) is 0 Å². The number of aliphatic carboxylic acids is 1. The topological polar surface area (TPSA) is 126 Å². The summed E-state index contributed by atoms with van der Waals surface area (Å²) in [5.74, 6) is -1.98. The number of hydrogen-bond donors (Lipinski definition) is 2. The standard InChI is InChI=1S/C22H27N5O3.C2HF3O2/c1-3-29-22(28)15(2)23-24-18-6-4-16(5-7-18)19-8-9-21(26-25-19)30-20-14-27-12-10-17(20)11-13-27;3-2(4,5)1(6)7/h4-9,17,20,24H,3,10-14H2,1-2H3;(H,6,7)/b23-15-;/t20-;/m0./s1. The largest absolute Gasteiger partial charge is 0.490 e. The minimum atomic E-state index is -5.08. The Morgan fingerprint density at radius 1 is 1.14 bits per heavy atom. The summed E-state index contributed by atoms with van der Waals surface area (Å²) in [6.07, 6.45) is -2.45. The van der Waals surface area contributed by atoms with Crippen LogP contribution in [-0.4, -0.2) is 76.4 Å². The van der Waals surface area contributed by atoms with Gasteiger partial charge in [-0.1, -0.05) is 12.1 Å². The number of esters is 1. The molecule has 0 amide bonds. The molecule has 0 aliphatic carbocycles. The van der Waals surface area contributed by atoms with Crippen molar-refractivity contribution < 1.29 is 37.3 Å². The Morgan fingerprint density at radius 3 is 2.27 bits per heavy atom. The van der Waals surface area contributed by atoms with Gasteiger partial charge in [-0.25, -0.2) is 9.59 Å². The molecule has 3 aliphatic rings. The number of carbonyl (C=O) groups is 2. The predicted octanol–water partition coefficient (Wildman–Crippen LogP) is 3.60. The van der Waals surface area contributed by atoms with Crippen LogP contribution in [0.25, 0.3) is 11.3 Å². The molecular weight excluding hydrogens is 495 g/mol. The molecule has 0 spiro atoms. The fraction of sp³-hybridized carbons (Fsp3) is 0.458. The molecule has 2 N–H and O–H groups in total. The third-order valence-corrected chi connectivity index (χ3v) is 5.86. The summed E-state index contributed by atoms with van der Waals surface area (Å²) >= 11 is 0. The fourth-order valence-electron chi connectivity index (χ4n) is 3.88. The van der Waals surface area contributed by atoms with Crippen LogP contribution in [-0.2, 0) is 14.3 Å². The number of hydrogen-bond acceptors (Lipinski definition) is 9. The Bertz CT molecular complexity index is 1090. The summed E-state index contributed by atoms with van der Waals surface area (Å²) in [5, 5.41) is 19.8. The number of aromatic nitrogens is 2. The number of piperidine rings is 3. The van der Waals surface area contributed by atoms with Crippen LogP contribution in [0.4, 0.5) is 18.9 Å². The van der Waals surface area contributed by atoms with Crippen molar-refractivity contribution in [2.45, 2.75) is 39.0 Å². The Kier molecular flexibility index (Phi) is 9.39. The molecule has 13 heteroatoms. The minimum Gasteiger partial charge on any atom is -0.475 e. The predicted molar refractivity (Wildman–Crippen MR) is 128 cm³/mol. The molecule has 3 saturated heterocycles. The van der Waals surface area contributed by atoms with Crippen molar-refractivity contribution in [2.75, 3.05) is 31.7 Å². The van der Waals surface area contributed by atoms with Crippen LogP contribution in [0.5, 0.6) is 5.88 Å². The minimum absolute atomic E-state index is 0.219. The van der Waals surface area contributed by atoms with Gasteiger partial charge in [0, 0.05) is 18.2 Å². The SMILES string of the molecule is CCOC(=O)/C(C)=N\Nc1ccc(-c2ccc(O[C@H]3CN4CCC3CC4)nn2)cc1.O=C(O)C(F)(F)F. The fourth-order valence-corrected chi connectivity index (χ4v) is 3.88. The highest BCUT2D eigenvalue weighted by Crippen LogP contribution is 2.30. The third-order valence-electron chi connectivity index (χ3n) is 5.86. The zero-order valence-corrected chi connectivity index (χ0v) is 20.4. The number of fused-ring (bicyclic) bond motifs is 3. The van der Waals surface area contributed by atoms with Crippen LogP contribution in [0.15, 0.2) is 41.5 Å². The quantitative estimate of drug-likeness (QED) is 0.318. The number of nitrogens with zero attached hydrogens (tertiary/aromatic N) is 4. The van der Waals surface area contributed by atoms with Gasteiger partial charge in [-0.05, 0) is 63.9 Å². The Morgan fingerprint density at radius 2 is 1.78 bits per heavy atom. The van der Waals surface area contributed by atoms with E-state index in [1.165, 1.54) is 25.9 Å². The summed E-state index contributed by atoms with van der Waals surface area (Å²) in [7, 11) is 0. The molecule has 5 rings (SSSR count). The molecule has 37 heavy (non-hydrogen) atoms. The summed E-state index contributed by atoms with van der Waals surface area (Å²) in [6.45, 7) is 7.05. The summed E-state index contributed by atoms with van der Waals surface area (Å²) in [5.41, 5.74) is 5.60. The van der Waals surface area contributed by atoms with Crippen LogP contribution in [0.2, 0.25) is 0 Å². The van der Waals surface area contributed by atoms with Gasteiger partial charge in [0.15, 0.2) is 0 Å². The second-order valence-corrected chi connectivity index (χ2v) is 8.46.